The molecule has 0 saturated carbocycles. The van der Waals surface area contributed by atoms with Crippen molar-refractivity contribution in [3.05, 3.63) is 77.6 Å². The Kier molecular flexibility index (Phi) is 2.95. The first-order valence-corrected chi connectivity index (χ1v) is 6.23. The molecule has 98 valence electrons. The van der Waals surface area contributed by atoms with Crippen molar-refractivity contribution in [3.8, 4) is 5.75 Å². The van der Waals surface area contributed by atoms with Gasteiger partial charge in [-0.05, 0) is 29.0 Å². The lowest BCUT2D eigenvalue weighted by Crippen LogP contribution is -2.05. The van der Waals surface area contributed by atoms with Gasteiger partial charge in [0.1, 0.15) is 11.6 Å². The molecule has 0 bridgehead atoms. The fourth-order valence-electron chi connectivity index (χ4n) is 2.32. The standard InChI is InChI=1S/C17H12FNO/c18-14-8-4-3-7-13(14)17(19)16-12-6-2-1-5-11(12)9-10-15(16)20/h1-10,19-20H. The lowest BCUT2D eigenvalue weighted by molar-refractivity contribution is 0.475. The molecule has 3 heteroatoms. The van der Waals surface area contributed by atoms with E-state index < -0.39 is 5.82 Å². The van der Waals surface area contributed by atoms with Crippen molar-refractivity contribution in [1.82, 2.24) is 0 Å². The second-order valence-corrected chi connectivity index (χ2v) is 4.54. The summed E-state index contributed by atoms with van der Waals surface area (Å²) in [6, 6.07) is 16.9. The molecule has 3 aromatic carbocycles. The van der Waals surface area contributed by atoms with Gasteiger partial charge in [0.15, 0.2) is 0 Å². The first kappa shape index (κ1) is 12.4. The first-order chi connectivity index (χ1) is 9.68. The minimum absolute atomic E-state index is 0.0163. The lowest BCUT2D eigenvalue weighted by Gasteiger charge is -2.11. The van der Waals surface area contributed by atoms with Gasteiger partial charge in [-0.1, -0.05) is 42.5 Å². The molecule has 0 aliphatic rings. The van der Waals surface area contributed by atoms with Gasteiger partial charge in [-0.2, -0.15) is 0 Å². The number of nitrogens with one attached hydrogen (secondary N) is 1. The number of phenolic OH excluding ortho intramolecular Hbond substituents is 1. The SMILES string of the molecule is N=C(c1ccccc1F)c1c(O)ccc2ccccc12. The van der Waals surface area contributed by atoms with Gasteiger partial charge >= 0.3 is 0 Å². The molecule has 0 atom stereocenters. The third kappa shape index (κ3) is 1.93. The lowest BCUT2D eigenvalue weighted by atomic mass is 9.95. The summed E-state index contributed by atoms with van der Waals surface area (Å²) in [5, 5.41) is 19.9. The Morgan fingerprint density at radius 1 is 0.900 bits per heavy atom. The zero-order chi connectivity index (χ0) is 14.1. The Balaban J connectivity index is 2.27. The average Bonchev–Trinajstić information content (AvgIpc) is 2.47. The predicted molar refractivity (Wildman–Crippen MR) is 77.9 cm³/mol. The van der Waals surface area contributed by atoms with Crippen LogP contribution in [0.2, 0.25) is 0 Å². The highest BCUT2D eigenvalue weighted by molar-refractivity contribution is 6.19. The molecule has 0 aliphatic heterocycles. The molecule has 0 unspecified atom stereocenters. The molecule has 20 heavy (non-hydrogen) atoms. The zero-order valence-corrected chi connectivity index (χ0v) is 10.6. The van der Waals surface area contributed by atoms with Gasteiger partial charge in [0.25, 0.3) is 0 Å². The third-order valence-corrected chi connectivity index (χ3v) is 3.30. The number of hydrogen-bond acceptors (Lipinski definition) is 2. The average molecular weight is 265 g/mol. The van der Waals surface area contributed by atoms with Crippen molar-refractivity contribution in [3.63, 3.8) is 0 Å². The van der Waals surface area contributed by atoms with Crippen LogP contribution in [0.3, 0.4) is 0 Å². The summed E-state index contributed by atoms with van der Waals surface area (Å²) in [4.78, 5) is 0. The summed E-state index contributed by atoms with van der Waals surface area (Å²) in [6.07, 6.45) is 0. The number of halogens is 1. The topological polar surface area (TPSA) is 44.1 Å². The Hall–Kier alpha value is -2.68. The van der Waals surface area contributed by atoms with Crippen LogP contribution in [0.4, 0.5) is 4.39 Å². The molecule has 0 saturated heterocycles. The van der Waals surface area contributed by atoms with Gasteiger partial charge in [-0.3, -0.25) is 5.41 Å². The zero-order valence-electron chi connectivity index (χ0n) is 10.6. The summed E-state index contributed by atoms with van der Waals surface area (Å²) in [7, 11) is 0. The maximum atomic E-state index is 13.8. The van der Waals surface area contributed by atoms with Gasteiger partial charge < -0.3 is 5.11 Å². The van der Waals surface area contributed by atoms with E-state index in [0.29, 0.717) is 5.56 Å². The van der Waals surface area contributed by atoms with E-state index in [2.05, 4.69) is 0 Å². The van der Waals surface area contributed by atoms with E-state index in [4.69, 9.17) is 5.41 Å². The summed E-state index contributed by atoms with van der Waals surface area (Å²) < 4.78 is 13.8. The molecular weight excluding hydrogens is 253 g/mol. The molecule has 0 fully saturated rings. The van der Waals surface area contributed by atoms with Crippen LogP contribution in [-0.4, -0.2) is 10.8 Å². The number of phenols is 1. The van der Waals surface area contributed by atoms with E-state index in [1.807, 2.05) is 24.3 Å². The second kappa shape index (κ2) is 4.78. The fraction of sp³-hybridized carbons (Fsp3) is 0. The van der Waals surface area contributed by atoms with Crippen molar-refractivity contribution in [2.24, 2.45) is 0 Å². The highest BCUT2D eigenvalue weighted by atomic mass is 19.1. The highest BCUT2D eigenvalue weighted by Gasteiger charge is 2.16. The Bertz CT molecular complexity index is 811. The molecule has 3 aromatic rings. The van der Waals surface area contributed by atoms with E-state index in [0.717, 1.165) is 10.8 Å². The molecule has 0 amide bonds. The minimum atomic E-state index is -0.468. The molecule has 0 aromatic heterocycles. The minimum Gasteiger partial charge on any atom is -0.507 e. The van der Waals surface area contributed by atoms with Crippen LogP contribution < -0.4 is 0 Å². The molecule has 0 heterocycles. The van der Waals surface area contributed by atoms with Crippen molar-refractivity contribution in [1.29, 1.82) is 5.41 Å². The Labute approximate surface area is 115 Å². The molecular formula is C17H12FNO. The van der Waals surface area contributed by atoms with Crippen LogP contribution in [0, 0.1) is 11.2 Å². The molecule has 2 N–H and O–H groups in total. The van der Waals surface area contributed by atoms with Crippen LogP contribution in [0.15, 0.2) is 60.7 Å². The largest absolute Gasteiger partial charge is 0.507 e. The maximum Gasteiger partial charge on any atom is 0.132 e. The van der Waals surface area contributed by atoms with Gasteiger partial charge in [0.2, 0.25) is 0 Å². The van der Waals surface area contributed by atoms with E-state index in [1.165, 1.54) is 12.1 Å². The Morgan fingerprint density at radius 3 is 2.40 bits per heavy atom. The van der Waals surface area contributed by atoms with Gasteiger partial charge in [-0.25, -0.2) is 4.39 Å². The number of benzene rings is 3. The molecule has 0 radical (unpaired) electrons. The van der Waals surface area contributed by atoms with E-state index in [9.17, 15) is 9.50 Å². The number of rotatable bonds is 2. The van der Waals surface area contributed by atoms with Crippen molar-refractivity contribution in [2.75, 3.05) is 0 Å². The predicted octanol–water partition coefficient (Wildman–Crippen LogP) is 4.10. The van der Waals surface area contributed by atoms with Crippen molar-refractivity contribution < 1.29 is 9.50 Å². The fourth-order valence-corrected chi connectivity index (χ4v) is 2.32. The monoisotopic (exact) mass is 265 g/mol. The van der Waals surface area contributed by atoms with Crippen LogP contribution in [0.25, 0.3) is 10.8 Å². The molecule has 3 rings (SSSR count). The number of aromatic hydroxyl groups is 1. The first-order valence-electron chi connectivity index (χ1n) is 6.23. The smallest absolute Gasteiger partial charge is 0.132 e. The maximum absolute atomic E-state index is 13.8. The van der Waals surface area contributed by atoms with Gasteiger partial charge in [0, 0.05) is 11.1 Å². The van der Waals surface area contributed by atoms with Gasteiger partial charge in [0.05, 0.1) is 5.71 Å². The number of fused-ring (bicyclic) bond motifs is 1. The van der Waals surface area contributed by atoms with Crippen LogP contribution in [-0.2, 0) is 0 Å². The normalized spacial score (nSPS) is 10.7. The quantitative estimate of drug-likeness (QED) is 0.673. The summed E-state index contributed by atoms with van der Waals surface area (Å²) >= 11 is 0. The van der Waals surface area contributed by atoms with Gasteiger partial charge in [-0.15, -0.1) is 0 Å². The van der Waals surface area contributed by atoms with E-state index >= 15 is 0 Å². The summed E-state index contributed by atoms with van der Waals surface area (Å²) in [5.41, 5.74) is 0.518. The van der Waals surface area contributed by atoms with Crippen LogP contribution >= 0.6 is 0 Å². The summed E-state index contributed by atoms with van der Waals surface area (Å²) in [6.45, 7) is 0. The molecule has 0 aliphatic carbocycles. The Morgan fingerprint density at radius 2 is 1.60 bits per heavy atom. The van der Waals surface area contributed by atoms with Crippen LogP contribution in [0.5, 0.6) is 5.75 Å². The van der Waals surface area contributed by atoms with Crippen molar-refractivity contribution in [2.45, 2.75) is 0 Å². The van der Waals surface area contributed by atoms with E-state index in [1.54, 1.807) is 24.3 Å². The van der Waals surface area contributed by atoms with Crippen molar-refractivity contribution >= 4 is 16.5 Å². The second-order valence-electron chi connectivity index (χ2n) is 4.54. The summed E-state index contributed by atoms with van der Waals surface area (Å²) in [5.74, 6) is -0.484. The number of hydrogen-bond donors (Lipinski definition) is 2. The van der Waals surface area contributed by atoms with Crippen LogP contribution in [0.1, 0.15) is 11.1 Å². The molecule has 2 nitrogen and oxygen atoms in total. The third-order valence-electron chi connectivity index (χ3n) is 3.30. The highest BCUT2D eigenvalue weighted by Crippen LogP contribution is 2.29. The van der Waals surface area contributed by atoms with E-state index in [-0.39, 0.29) is 17.0 Å². The molecule has 0 spiro atoms.